The van der Waals surface area contributed by atoms with Crippen molar-refractivity contribution in [2.45, 2.75) is 18.0 Å². The number of sulfone groups is 1. The number of hydrogen-bond acceptors (Lipinski definition) is 4. The Bertz CT molecular complexity index is 2150. The van der Waals surface area contributed by atoms with E-state index in [1.165, 1.54) is 18.4 Å². The summed E-state index contributed by atoms with van der Waals surface area (Å²) in [6.07, 6.45) is 3.13. The number of benzene rings is 5. The molecule has 5 aromatic carbocycles. The number of carboxylic acids is 1. The van der Waals surface area contributed by atoms with E-state index in [0.29, 0.717) is 23.2 Å². The second-order valence-corrected chi connectivity index (χ2v) is 13.0. The lowest BCUT2D eigenvalue weighted by atomic mass is 9.99. The van der Waals surface area contributed by atoms with Gasteiger partial charge in [0.25, 0.3) is 5.91 Å². The van der Waals surface area contributed by atoms with E-state index in [2.05, 4.69) is 35.6 Å². The van der Waals surface area contributed by atoms with E-state index < -0.39 is 15.8 Å². The zero-order chi connectivity index (χ0) is 31.6. The van der Waals surface area contributed by atoms with Gasteiger partial charge in [0.2, 0.25) is 0 Å². The van der Waals surface area contributed by atoms with Gasteiger partial charge in [-0.2, -0.15) is 0 Å². The van der Waals surface area contributed by atoms with E-state index in [1.807, 2.05) is 53.2 Å². The van der Waals surface area contributed by atoms with Crippen molar-refractivity contribution in [3.63, 3.8) is 0 Å². The van der Waals surface area contributed by atoms with Gasteiger partial charge in [-0.1, -0.05) is 72.8 Å². The van der Waals surface area contributed by atoms with Crippen LogP contribution < -0.4 is 5.32 Å². The van der Waals surface area contributed by atoms with E-state index in [9.17, 15) is 23.1 Å². The maximum atomic E-state index is 13.8. The average molecular weight is 615 g/mol. The molecule has 224 valence electrons. The highest BCUT2D eigenvalue weighted by atomic mass is 32.2. The summed E-state index contributed by atoms with van der Waals surface area (Å²) in [4.78, 5) is 25.3. The molecule has 0 radical (unpaired) electrons. The molecule has 0 aliphatic heterocycles. The molecule has 1 amide bonds. The minimum absolute atomic E-state index is 0.171. The van der Waals surface area contributed by atoms with E-state index in [0.717, 1.165) is 33.2 Å². The Morgan fingerprint density at radius 1 is 0.711 bits per heavy atom. The number of nitrogens with zero attached hydrogens (tertiary/aromatic N) is 1. The molecule has 8 heteroatoms. The van der Waals surface area contributed by atoms with Gasteiger partial charge in [0.1, 0.15) is 0 Å². The van der Waals surface area contributed by atoms with Crippen LogP contribution in [0.5, 0.6) is 0 Å². The normalized spacial score (nSPS) is 11.4. The molecule has 0 atom stereocenters. The largest absolute Gasteiger partial charge is 0.478 e. The second-order valence-electron chi connectivity index (χ2n) is 11.0. The third-order valence-corrected chi connectivity index (χ3v) is 8.85. The van der Waals surface area contributed by atoms with Gasteiger partial charge < -0.3 is 15.0 Å². The number of carbonyl (C=O) groups is 2. The van der Waals surface area contributed by atoms with Gasteiger partial charge in [0.15, 0.2) is 9.84 Å². The summed E-state index contributed by atoms with van der Waals surface area (Å²) in [5.74, 6) is -1.32. The Morgan fingerprint density at radius 3 is 2.11 bits per heavy atom. The standard InChI is InChI=1S/C37H30N2O5S/c1-45(43,44)33-12-6-11-30(21-33)32-20-31-17-18-39(24-26-7-5-10-29(19-26)27-8-3-2-4-9-27)35(31)34(22-32)36(40)38-23-25-13-15-28(16-14-25)37(41)42/h2-22H,23-24H2,1H3,(H,38,40)(H,41,42). The first-order valence-corrected chi connectivity index (χ1v) is 16.2. The molecule has 1 aromatic heterocycles. The summed E-state index contributed by atoms with van der Waals surface area (Å²) in [5.41, 5.74) is 6.82. The topological polar surface area (TPSA) is 105 Å². The molecule has 0 spiro atoms. The highest BCUT2D eigenvalue weighted by molar-refractivity contribution is 7.90. The molecule has 0 unspecified atom stereocenters. The van der Waals surface area contributed by atoms with E-state index in [-0.39, 0.29) is 22.9 Å². The first-order chi connectivity index (χ1) is 21.7. The summed E-state index contributed by atoms with van der Waals surface area (Å²) in [6, 6.07) is 37.2. The van der Waals surface area contributed by atoms with Crippen molar-refractivity contribution in [2.24, 2.45) is 0 Å². The predicted molar refractivity (Wildman–Crippen MR) is 176 cm³/mol. The van der Waals surface area contributed by atoms with Crippen LogP contribution in [0.1, 0.15) is 31.8 Å². The van der Waals surface area contributed by atoms with Gasteiger partial charge >= 0.3 is 5.97 Å². The summed E-state index contributed by atoms with van der Waals surface area (Å²) < 4.78 is 26.6. The fourth-order valence-electron chi connectivity index (χ4n) is 5.45. The molecule has 0 aliphatic carbocycles. The lowest BCUT2D eigenvalue weighted by Crippen LogP contribution is -2.23. The Morgan fingerprint density at radius 2 is 1.40 bits per heavy atom. The van der Waals surface area contributed by atoms with E-state index in [4.69, 9.17) is 0 Å². The van der Waals surface area contributed by atoms with Crippen LogP contribution >= 0.6 is 0 Å². The van der Waals surface area contributed by atoms with Crippen LogP contribution in [0.3, 0.4) is 0 Å². The smallest absolute Gasteiger partial charge is 0.335 e. The van der Waals surface area contributed by atoms with Gasteiger partial charge in [0.05, 0.1) is 21.5 Å². The molecule has 1 heterocycles. The second kappa shape index (κ2) is 12.3. The molecule has 45 heavy (non-hydrogen) atoms. The van der Waals surface area contributed by atoms with E-state index in [1.54, 1.807) is 36.4 Å². The van der Waals surface area contributed by atoms with Crippen LogP contribution in [0.4, 0.5) is 0 Å². The van der Waals surface area contributed by atoms with Crippen molar-refractivity contribution in [1.82, 2.24) is 9.88 Å². The third-order valence-electron chi connectivity index (χ3n) is 7.74. The summed E-state index contributed by atoms with van der Waals surface area (Å²) in [6.45, 7) is 0.734. The number of carboxylic acid groups (broad SMARTS) is 1. The van der Waals surface area contributed by atoms with Crippen molar-refractivity contribution in [3.05, 3.63) is 150 Å². The molecule has 0 bridgehead atoms. The Balaban J connectivity index is 1.39. The molecule has 0 saturated carbocycles. The number of rotatable bonds is 9. The highest BCUT2D eigenvalue weighted by Crippen LogP contribution is 2.31. The van der Waals surface area contributed by atoms with Crippen molar-refractivity contribution < 1.29 is 23.1 Å². The van der Waals surface area contributed by atoms with Gasteiger partial charge in [0, 0.05) is 30.9 Å². The van der Waals surface area contributed by atoms with Crippen LogP contribution in [0.25, 0.3) is 33.2 Å². The van der Waals surface area contributed by atoms with Gasteiger partial charge in [-0.05, 0) is 81.9 Å². The number of hydrogen-bond donors (Lipinski definition) is 2. The quantitative estimate of drug-likeness (QED) is 0.182. The predicted octanol–water partition coefficient (Wildman–Crippen LogP) is 7.06. The Labute approximate surface area is 261 Å². The van der Waals surface area contributed by atoms with E-state index >= 15 is 0 Å². The monoisotopic (exact) mass is 614 g/mol. The zero-order valence-corrected chi connectivity index (χ0v) is 25.3. The van der Waals surface area contributed by atoms with Crippen LogP contribution in [0.15, 0.2) is 132 Å². The summed E-state index contributed by atoms with van der Waals surface area (Å²) in [5, 5.41) is 13.0. The van der Waals surface area contributed by atoms with Crippen LogP contribution in [0.2, 0.25) is 0 Å². The van der Waals surface area contributed by atoms with Gasteiger partial charge in [-0.3, -0.25) is 4.79 Å². The van der Waals surface area contributed by atoms with Crippen LogP contribution in [-0.2, 0) is 22.9 Å². The minimum atomic E-state index is -3.42. The lowest BCUT2D eigenvalue weighted by Gasteiger charge is -2.14. The molecule has 0 fully saturated rings. The number of nitrogens with one attached hydrogen (secondary N) is 1. The van der Waals surface area contributed by atoms with Crippen molar-refractivity contribution >= 4 is 32.6 Å². The molecule has 6 rings (SSSR count). The summed E-state index contributed by atoms with van der Waals surface area (Å²) >= 11 is 0. The highest BCUT2D eigenvalue weighted by Gasteiger charge is 2.18. The third kappa shape index (κ3) is 6.56. The first kappa shape index (κ1) is 29.6. The first-order valence-electron chi connectivity index (χ1n) is 14.3. The summed E-state index contributed by atoms with van der Waals surface area (Å²) in [7, 11) is -3.42. The molecule has 2 N–H and O–H groups in total. The fraction of sp³-hybridized carbons (Fsp3) is 0.0811. The maximum Gasteiger partial charge on any atom is 0.335 e. The van der Waals surface area contributed by atoms with Crippen LogP contribution in [-0.4, -0.2) is 36.2 Å². The van der Waals surface area contributed by atoms with Gasteiger partial charge in [-0.15, -0.1) is 0 Å². The number of aromatic nitrogens is 1. The molecular formula is C37H30N2O5S. The van der Waals surface area contributed by atoms with Crippen molar-refractivity contribution in [3.8, 4) is 22.3 Å². The molecule has 6 aromatic rings. The molecular weight excluding hydrogens is 584 g/mol. The molecule has 0 saturated heterocycles. The number of fused-ring (bicyclic) bond motifs is 1. The number of aromatic carboxylic acids is 1. The average Bonchev–Trinajstić information content (AvgIpc) is 3.46. The van der Waals surface area contributed by atoms with Crippen molar-refractivity contribution in [2.75, 3.05) is 6.26 Å². The fourth-order valence-corrected chi connectivity index (χ4v) is 6.11. The maximum absolute atomic E-state index is 13.8. The van der Waals surface area contributed by atoms with Crippen molar-refractivity contribution in [1.29, 1.82) is 0 Å². The zero-order valence-electron chi connectivity index (χ0n) is 24.5. The SMILES string of the molecule is CS(=O)(=O)c1cccc(-c2cc(C(=O)NCc3ccc(C(=O)O)cc3)c3c(ccn3Cc3cccc(-c4ccccc4)c3)c2)c1. The molecule has 0 aliphatic rings. The van der Waals surface area contributed by atoms with Gasteiger partial charge in [-0.25, -0.2) is 13.2 Å². The minimum Gasteiger partial charge on any atom is -0.478 e. The number of amides is 1. The van der Waals surface area contributed by atoms with Crippen LogP contribution in [0, 0.1) is 0 Å². The number of carbonyl (C=O) groups excluding carboxylic acids is 1. The Hall–Kier alpha value is -5.47. The lowest BCUT2D eigenvalue weighted by molar-refractivity contribution is 0.0696. The Kier molecular flexibility index (Phi) is 8.06. The molecule has 7 nitrogen and oxygen atoms in total.